The molecule has 0 aliphatic heterocycles. The maximum Gasteiger partial charge on any atom is 0.410 e. The molecule has 0 radical (unpaired) electrons. The number of likely N-dealkylation sites (N-methyl/N-ethyl adjacent to an activating group) is 1. The maximum atomic E-state index is 11.8. The van der Waals surface area contributed by atoms with Crippen molar-refractivity contribution in [1.82, 2.24) is 14.7 Å². The fourth-order valence-corrected chi connectivity index (χ4v) is 1.92. The number of carbonyl (C=O) groups excluding carboxylic acids is 1. The zero-order chi connectivity index (χ0) is 16.2. The molecule has 8 heteroatoms. The molecule has 1 heterocycles. The van der Waals surface area contributed by atoms with E-state index >= 15 is 0 Å². The van der Waals surface area contributed by atoms with Crippen LogP contribution in [0.3, 0.4) is 0 Å². The molecule has 7 nitrogen and oxygen atoms in total. The standard InChI is InChI=1S/C13H21BrN4O3/c1-13(2,3)21-12(20)17(4)7-6-15-9-8-16-18(5)11(19)10(9)14/h8,15H,6-7H2,1-5H3. The van der Waals surface area contributed by atoms with Crippen LogP contribution in [0.1, 0.15) is 20.8 Å². The lowest BCUT2D eigenvalue weighted by molar-refractivity contribution is 0.0305. The minimum absolute atomic E-state index is 0.222. The normalized spacial score (nSPS) is 11.1. The van der Waals surface area contributed by atoms with E-state index in [-0.39, 0.29) is 11.7 Å². The molecule has 0 aliphatic rings. The van der Waals surface area contributed by atoms with Crippen molar-refractivity contribution >= 4 is 27.7 Å². The van der Waals surface area contributed by atoms with Gasteiger partial charge in [-0.05, 0) is 36.7 Å². The molecule has 1 rings (SSSR count). The van der Waals surface area contributed by atoms with E-state index in [4.69, 9.17) is 4.74 Å². The largest absolute Gasteiger partial charge is 0.444 e. The molecule has 1 amide bonds. The van der Waals surface area contributed by atoms with Crippen LogP contribution in [0.4, 0.5) is 10.5 Å². The first-order valence-electron chi connectivity index (χ1n) is 6.51. The second kappa shape index (κ2) is 6.93. The first kappa shape index (κ1) is 17.5. The molecule has 0 aliphatic carbocycles. The van der Waals surface area contributed by atoms with E-state index < -0.39 is 5.60 Å². The van der Waals surface area contributed by atoms with Gasteiger partial charge in [0.1, 0.15) is 10.1 Å². The summed E-state index contributed by atoms with van der Waals surface area (Å²) in [5.74, 6) is 0. The summed E-state index contributed by atoms with van der Waals surface area (Å²) in [7, 11) is 3.24. The Morgan fingerprint density at radius 1 is 1.52 bits per heavy atom. The topological polar surface area (TPSA) is 76.5 Å². The first-order valence-corrected chi connectivity index (χ1v) is 7.31. The summed E-state index contributed by atoms with van der Waals surface area (Å²) in [6.45, 7) is 6.37. The van der Waals surface area contributed by atoms with Gasteiger partial charge in [-0.25, -0.2) is 9.48 Å². The van der Waals surface area contributed by atoms with Crippen molar-refractivity contribution in [2.24, 2.45) is 7.05 Å². The fraction of sp³-hybridized carbons (Fsp3) is 0.615. The number of hydrogen-bond donors (Lipinski definition) is 1. The van der Waals surface area contributed by atoms with Gasteiger partial charge in [-0.2, -0.15) is 5.10 Å². The molecule has 1 aromatic heterocycles. The third kappa shape index (κ3) is 5.37. The van der Waals surface area contributed by atoms with E-state index in [1.54, 1.807) is 20.3 Å². The Morgan fingerprint density at radius 3 is 2.71 bits per heavy atom. The van der Waals surface area contributed by atoms with Gasteiger partial charge in [0.15, 0.2) is 0 Å². The van der Waals surface area contributed by atoms with Gasteiger partial charge in [0.2, 0.25) is 0 Å². The van der Waals surface area contributed by atoms with Crippen LogP contribution in [0.15, 0.2) is 15.5 Å². The Balaban J connectivity index is 2.52. The lowest BCUT2D eigenvalue weighted by Crippen LogP contribution is -2.36. The summed E-state index contributed by atoms with van der Waals surface area (Å²) in [5.41, 5.74) is -0.145. The van der Waals surface area contributed by atoms with Gasteiger partial charge in [0.25, 0.3) is 5.56 Å². The highest BCUT2D eigenvalue weighted by molar-refractivity contribution is 9.10. The predicted molar refractivity (Wildman–Crippen MR) is 84.5 cm³/mol. The Hall–Kier alpha value is -1.57. The molecule has 0 saturated heterocycles. The van der Waals surface area contributed by atoms with Crippen molar-refractivity contribution in [2.45, 2.75) is 26.4 Å². The number of carbonyl (C=O) groups is 1. The predicted octanol–water partition coefficient (Wildman–Crippen LogP) is 1.82. The van der Waals surface area contributed by atoms with Crippen molar-refractivity contribution in [3.63, 3.8) is 0 Å². The first-order chi connectivity index (χ1) is 9.61. The number of aryl methyl sites for hydroxylation is 1. The molecule has 0 atom stereocenters. The van der Waals surface area contributed by atoms with Gasteiger partial charge in [0, 0.05) is 27.2 Å². The second-order valence-electron chi connectivity index (χ2n) is 5.63. The molecule has 1 N–H and O–H groups in total. The van der Waals surface area contributed by atoms with Crippen molar-refractivity contribution in [1.29, 1.82) is 0 Å². The van der Waals surface area contributed by atoms with Crippen LogP contribution in [0.2, 0.25) is 0 Å². The third-order valence-electron chi connectivity index (χ3n) is 2.55. The Kier molecular flexibility index (Phi) is 5.77. The SMILES string of the molecule is CN(CCNc1cnn(C)c(=O)c1Br)C(=O)OC(C)(C)C. The van der Waals surface area contributed by atoms with Gasteiger partial charge < -0.3 is 15.0 Å². The number of aromatic nitrogens is 2. The van der Waals surface area contributed by atoms with Crippen LogP contribution in [0.25, 0.3) is 0 Å². The number of rotatable bonds is 4. The molecule has 21 heavy (non-hydrogen) atoms. The molecule has 118 valence electrons. The molecule has 0 fully saturated rings. The van der Waals surface area contributed by atoms with E-state index in [9.17, 15) is 9.59 Å². The summed E-state index contributed by atoms with van der Waals surface area (Å²) >= 11 is 3.23. The van der Waals surface area contributed by atoms with Gasteiger partial charge in [0.05, 0.1) is 11.9 Å². The summed E-state index contributed by atoms with van der Waals surface area (Å²) in [6, 6.07) is 0. The Labute approximate surface area is 132 Å². The summed E-state index contributed by atoms with van der Waals surface area (Å²) < 4.78 is 6.90. The van der Waals surface area contributed by atoms with Crippen LogP contribution in [0.5, 0.6) is 0 Å². The fourth-order valence-electron chi connectivity index (χ4n) is 1.42. The Bertz CT molecular complexity index is 566. The number of nitrogens with one attached hydrogen (secondary N) is 1. The molecule has 0 unspecified atom stereocenters. The lowest BCUT2D eigenvalue weighted by Gasteiger charge is -2.24. The van der Waals surface area contributed by atoms with Gasteiger partial charge >= 0.3 is 6.09 Å². The van der Waals surface area contributed by atoms with Crippen molar-refractivity contribution in [2.75, 3.05) is 25.5 Å². The lowest BCUT2D eigenvalue weighted by atomic mass is 10.2. The molecular weight excluding hydrogens is 340 g/mol. The third-order valence-corrected chi connectivity index (χ3v) is 3.31. The minimum atomic E-state index is -0.517. The van der Waals surface area contributed by atoms with Crippen LogP contribution in [0, 0.1) is 0 Å². The van der Waals surface area contributed by atoms with Crippen LogP contribution in [-0.4, -0.2) is 46.5 Å². The summed E-state index contributed by atoms with van der Waals surface area (Å²) in [4.78, 5) is 24.9. The molecule has 0 bridgehead atoms. The van der Waals surface area contributed by atoms with E-state index in [2.05, 4.69) is 26.3 Å². The minimum Gasteiger partial charge on any atom is -0.444 e. The molecule has 0 spiro atoms. The van der Waals surface area contributed by atoms with Crippen LogP contribution in [-0.2, 0) is 11.8 Å². The molecular formula is C13H21BrN4O3. The highest BCUT2D eigenvalue weighted by atomic mass is 79.9. The smallest absolute Gasteiger partial charge is 0.410 e. The van der Waals surface area contributed by atoms with Gasteiger partial charge in [-0.1, -0.05) is 0 Å². The number of hydrogen-bond acceptors (Lipinski definition) is 5. The van der Waals surface area contributed by atoms with E-state index in [1.165, 1.54) is 9.58 Å². The zero-order valence-corrected chi connectivity index (χ0v) is 14.5. The highest BCUT2D eigenvalue weighted by Crippen LogP contribution is 2.15. The summed E-state index contributed by atoms with van der Waals surface area (Å²) in [5, 5.41) is 6.98. The van der Waals surface area contributed by atoms with E-state index in [1.807, 2.05) is 20.8 Å². The monoisotopic (exact) mass is 360 g/mol. The number of ether oxygens (including phenoxy) is 1. The zero-order valence-electron chi connectivity index (χ0n) is 12.9. The number of anilines is 1. The molecule has 0 aromatic carbocycles. The average Bonchev–Trinajstić information content (AvgIpc) is 2.36. The molecule has 0 saturated carbocycles. The average molecular weight is 361 g/mol. The summed E-state index contributed by atoms with van der Waals surface area (Å²) in [6.07, 6.45) is 1.17. The van der Waals surface area contributed by atoms with E-state index in [0.29, 0.717) is 23.2 Å². The second-order valence-corrected chi connectivity index (χ2v) is 6.42. The Morgan fingerprint density at radius 2 is 2.14 bits per heavy atom. The molecule has 1 aromatic rings. The number of halogens is 1. The van der Waals surface area contributed by atoms with Crippen molar-refractivity contribution in [3.8, 4) is 0 Å². The van der Waals surface area contributed by atoms with Crippen LogP contribution < -0.4 is 10.9 Å². The van der Waals surface area contributed by atoms with E-state index in [0.717, 1.165) is 0 Å². The maximum absolute atomic E-state index is 11.8. The number of amides is 1. The van der Waals surface area contributed by atoms with Gasteiger partial charge in [-0.15, -0.1) is 0 Å². The quantitative estimate of drug-likeness (QED) is 0.885. The van der Waals surface area contributed by atoms with Crippen molar-refractivity contribution < 1.29 is 9.53 Å². The number of nitrogens with zero attached hydrogens (tertiary/aromatic N) is 3. The van der Waals surface area contributed by atoms with Crippen molar-refractivity contribution in [3.05, 3.63) is 21.0 Å². The highest BCUT2D eigenvalue weighted by Gasteiger charge is 2.19. The van der Waals surface area contributed by atoms with Gasteiger partial charge in [-0.3, -0.25) is 4.79 Å². The van der Waals surface area contributed by atoms with Crippen LogP contribution >= 0.6 is 15.9 Å².